The van der Waals surface area contributed by atoms with Crippen LogP contribution in [0.4, 0.5) is 5.69 Å². The number of para-hydroxylation sites is 1. The Bertz CT molecular complexity index is 1230. The molecule has 0 bridgehead atoms. The number of hydrogen-bond acceptors (Lipinski definition) is 4. The summed E-state index contributed by atoms with van der Waals surface area (Å²) in [6, 6.07) is 23.7. The largest absolute Gasteiger partial charge is 0.494 e. The molecular formula is C31H36N2O3S. The first-order valence-electron chi connectivity index (χ1n) is 13.0. The second-order valence-corrected chi connectivity index (χ2v) is 10.8. The van der Waals surface area contributed by atoms with E-state index < -0.39 is 11.2 Å². The van der Waals surface area contributed by atoms with Gasteiger partial charge in [0.2, 0.25) is 11.8 Å². The maximum atomic E-state index is 13.8. The number of amides is 2. The standard InChI is InChI=1S/C31H36N2O3S/c1-5-6-19-36-26-17-15-24(16-18-26)23(4)32-30(34)22(3)29-31(35)33(20-25-12-8-7-11-21(25)2)27-13-9-10-14-28(27)37-29/h7-18,22-23,29H,5-6,19-20H2,1-4H3,(H,32,34). The van der Waals surface area contributed by atoms with Gasteiger partial charge in [-0.3, -0.25) is 9.59 Å². The van der Waals surface area contributed by atoms with Crippen LogP contribution < -0.4 is 15.0 Å². The number of anilines is 1. The summed E-state index contributed by atoms with van der Waals surface area (Å²) in [5.74, 6) is 0.178. The normalized spacial score (nSPS) is 16.6. The average Bonchev–Trinajstić information content (AvgIpc) is 2.91. The second-order valence-electron chi connectivity index (χ2n) is 9.65. The van der Waals surface area contributed by atoms with Crippen molar-refractivity contribution in [2.45, 2.75) is 63.3 Å². The van der Waals surface area contributed by atoms with Crippen molar-refractivity contribution in [2.24, 2.45) is 5.92 Å². The average molecular weight is 517 g/mol. The highest BCUT2D eigenvalue weighted by atomic mass is 32.2. The van der Waals surface area contributed by atoms with E-state index in [0.29, 0.717) is 13.2 Å². The molecule has 0 radical (unpaired) electrons. The molecule has 3 aromatic rings. The van der Waals surface area contributed by atoms with Crippen LogP contribution in [0.3, 0.4) is 0 Å². The lowest BCUT2D eigenvalue weighted by atomic mass is 10.0. The van der Waals surface area contributed by atoms with Gasteiger partial charge >= 0.3 is 0 Å². The lowest BCUT2D eigenvalue weighted by Gasteiger charge is -2.36. The molecule has 0 saturated heterocycles. The van der Waals surface area contributed by atoms with Gasteiger partial charge in [0.25, 0.3) is 0 Å². The molecule has 194 valence electrons. The fourth-order valence-corrected chi connectivity index (χ4v) is 5.71. The molecule has 0 aromatic heterocycles. The summed E-state index contributed by atoms with van der Waals surface area (Å²) >= 11 is 1.49. The van der Waals surface area contributed by atoms with Gasteiger partial charge in [-0.15, -0.1) is 11.8 Å². The summed E-state index contributed by atoms with van der Waals surface area (Å²) in [5, 5.41) is 2.62. The lowest BCUT2D eigenvalue weighted by Crippen LogP contribution is -2.47. The number of hydrogen-bond donors (Lipinski definition) is 1. The van der Waals surface area contributed by atoms with Crippen molar-refractivity contribution in [1.29, 1.82) is 0 Å². The molecule has 0 fully saturated rings. The molecule has 0 saturated carbocycles. The fourth-order valence-electron chi connectivity index (χ4n) is 4.43. The molecule has 37 heavy (non-hydrogen) atoms. The Balaban J connectivity index is 1.46. The number of carbonyl (C=O) groups is 2. The van der Waals surface area contributed by atoms with Gasteiger partial charge < -0.3 is 15.0 Å². The Morgan fingerprint density at radius 3 is 2.46 bits per heavy atom. The van der Waals surface area contributed by atoms with Crippen LogP contribution in [0, 0.1) is 12.8 Å². The van der Waals surface area contributed by atoms with Gasteiger partial charge in [0.1, 0.15) is 11.0 Å². The van der Waals surface area contributed by atoms with Gasteiger partial charge in [-0.25, -0.2) is 0 Å². The fraction of sp³-hybridized carbons (Fsp3) is 0.355. The number of nitrogens with one attached hydrogen (secondary N) is 1. The molecule has 3 aromatic carbocycles. The van der Waals surface area contributed by atoms with Crippen molar-refractivity contribution in [1.82, 2.24) is 5.32 Å². The van der Waals surface area contributed by atoms with Gasteiger partial charge in [0, 0.05) is 4.90 Å². The Hall–Kier alpha value is -3.25. The number of ether oxygens (including phenoxy) is 1. The number of nitrogens with zero attached hydrogens (tertiary/aromatic N) is 1. The molecule has 3 atom stereocenters. The molecule has 1 aliphatic heterocycles. The number of aryl methyl sites for hydroxylation is 1. The first-order valence-corrected chi connectivity index (χ1v) is 13.9. The second kappa shape index (κ2) is 12.3. The lowest BCUT2D eigenvalue weighted by molar-refractivity contribution is -0.128. The molecule has 0 aliphatic carbocycles. The third kappa shape index (κ3) is 6.37. The van der Waals surface area contributed by atoms with Gasteiger partial charge in [0.15, 0.2) is 0 Å². The molecule has 3 unspecified atom stereocenters. The third-order valence-electron chi connectivity index (χ3n) is 6.88. The van der Waals surface area contributed by atoms with Gasteiger partial charge in [0.05, 0.1) is 30.8 Å². The zero-order chi connectivity index (χ0) is 26.4. The molecule has 5 nitrogen and oxygen atoms in total. The smallest absolute Gasteiger partial charge is 0.241 e. The summed E-state index contributed by atoms with van der Waals surface area (Å²) in [5.41, 5.74) is 4.14. The highest BCUT2D eigenvalue weighted by molar-refractivity contribution is 8.01. The quantitative estimate of drug-likeness (QED) is 0.305. The summed E-state index contributed by atoms with van der Waals surface area (Å²) < 4.78 is 5.75. The Kier molecular flexibility index (Phi) is 8.93. The van der Waals surface area contributed by atoms with Crippen molar-refractivity contribution >= 4 is 29.3 Å². The third-order valence-corrected chi connectivity index (χ3v) is 8.35. The summed E-state index contributed by atoms with van der Waals surface area (Å²) in [6.45, 7) is 9.20. The van der Waals surface area contributed by atoms with E-state index in [-0.39, 0.29) is 17.9 Å². The molecule has 4 rings (SSSR count). The minimum atomic E-state index is -0.500. The molecule has 1 aliphatic rings. The SMILES string of the molecule is CCCCOc1ccc(C(C)NC(=O)C(C)C2Sc3ccccc3N(Cc3ccccc3C)C2=O)cc1. The van der Waals surface area contributed by atoms with Crippen molar-refractivity contribution in [3.63, 3.8) is 0 Å². The Labute approximate surface area is 224 Å². The first kappa shape index (κ1) is 26.8. The zero-order valence-electron chi connectivity index (χ0n) is 22.1. The van der Waals surface area contributed by atoms with Crippen LogP contribution in [0.2, 0.25) is 0 Å². The van der Waals surface area contributed by atoms with Crippen LogP contribution in [0.5, 0.6) is 5.75 Å². The predicted octanol–water partition coefficient (Wildman–Crippen LogP) is 6.69. The minimum Gasteiger partial charge on any atom is -0.494 e. The van der Waals surface area contributed by atoms with E-state index in [0.717, 1.165) is 45.9 Å². The van der Waals surface area contributed by atoms with Gasteiger partial charge in [-0.2, -0.15) is 0 Å². The van der Waals surface area contributed by atoms with Crippen molar-refractivity contribution in [2.75, 3.05) is 11.5 Å². The molecule has 1 N–H and O–H groups in total. The van der Waals surface area contributed by atoms with Crippen LogP contribution in [0.1, 0.15) is 56.3 Å². The predicted molar refractivity (Wildman–Crippen MR) is 151 cm³/mol. The minimum absolute atomic E-state index is 0.0316. The number of unbranched alkanes of at least 4 members (excludes halogenated alkanes) is 1. The van der Waals surface area contributed by atoms with E-state index in [1.165, 1.54) is 11.8 Å². The molecule has 0 spiro atoms. The monoisotopic (exact) mass is 516 g/mol. The van der Waals surface area contributed by atoms with Gasteiger partial charge in [-0.05, 0) is 61.2 Å². The number of benzene rings is 3. The van der Waals surface area contributed by atoms with E-state index in [1.807, 2.05) is 79.4 Å². The number of fused-ring (bicyclic) bond motifs is 1. The number of thioether (sulfide) groups is 1. The van der Waals surface area contributed by atoms with Crippen LogP contribution in [-0.2, 0) is 16.1 Å². The van der Waals surface area contributed by atoms with Crippen LogP contribution in [0.15, 0.2) is 77.7 Å². The van der Waals surface area contributed by atoms with Crippen molar-refractivity contribution < 1.29 is 14.3 Å². The summed E-state index contributed by atoms with van der Waals surface area (Å²) in [4.78, 5) is 29.9. The number of carbonyl (C=O) groups excluding carboxylic acids is 2. The highest BCUT2D eigenvalue weighted by Crippen LogP contribution is 2.42. The van der Waals surface area contributed by atoms with Crippen LogP contribution in [-0.4, -0.2) is 23.7 Å². The first-order chi connectivity index (χ1) is 17.9. The van der Waals surface area contributed by atoms with E-state index >= 15 is 0 Å². The molecular weight excluding hydrogens is 480 g/mol. The van der Waals surface area contributed by atoms with E-state index in [1.54, 1.807) is 0 Å². The highest BCUT2D eigenvalue weighted by Gasteiger charge is 2.39. The molecule has 1 heterocycles. The van der Waals surface area contributed by atoms with Gasteiger partial charge in [-0.1, -0.05) is 68.8 Å². The molecule has 6 heteroatoms. The van der Waals surface area contributed by atoms with Crippen LogP contribution >= 0.6 is 11.8 Å². The van der Waals surface area contributed by atoms with Crippen LogP contribution in [0.25, 0.3) is 0 Å². The van der Waals surface area contributed by atoms with E-state index in [4.69, 9.17) is 4.74 Å². The van der Waals surface area contributed by atoms with E-state index in [9.17, 15) is 9.59 Å². The maximum absolute atomic E-state index is 13.8. The number of rotatable bonds is 10. The van der Waals surface area contributed by atoms with Crippen molar-refractivity contribution in [3.05, 3.63) is 89.5 Å². The van der Waals surface area contributed by atoms with E-state index in [2.05, 4.69) is 31.3 Å². The zero-order valence-corrected chi connectivity index (χ0v) is 22.9. The summed E-state index contributed by atoms with van der Waals surface area (Å²) in [6.07, 6.45) is 2.12. The Morgan fingerprint density at radius 2 is 1.73 bits per heavy atom. The maximum Gasteiger partial charge on any atom is 0.241 e. The van der Waals surface area contributed by atoms with Crippen molar-refractivity contribution in [3.8, 4) is 5.75 Å². The summed E-state index contributed by atoms with van der Waals surface area (Å²) in [7, 11) is 0. The Morgan fingerprint density at radius 1 is 1.03 bits per heavy atom. The molecule has 2 amide bonds. The topological polar surface area (TPSA) is 58.6 Å².